The van der Waals surface area contributed by atoms with Crippen molar-refractivity contribution in [3.8, 4) is 0 Å². The Morgan fingerprint density at radius 1 is 1.04 bits per heavy atom. The average molecular weight is 380 g/mol. The summed E-state index contributed by atoms with van der Waals surface area (Å²) in [6.45, 7) is 2.53. The predicted octanol–water partition coefficient (Wildman–Crippen LogP) is 5.19. The fourth-order valence-corrected chi connectivity index (χ4v) is 4.96. The maximum Gasteiger partial charge on any atom is 0.311 e. The topological polar surface area (TPSA) is 29.5 Å². The molecule has 2 heterocycles. The molecule has 0 aromatic heterocycles. The Labute approximate surface area is 169 Å². The third-order valence-electron chi connectivity index (χ3n) is 6.58. The fraction of sp³-hybridized carbons (Fsp3) is 0.480. The molecule has 2 fully saturated rings. The number of fused-ring (bicyclic) bond motifs is 2. The smallest absolute Gasteiger partial charge is 0.311 e. The summed E-state index contributed by atoms with van der Waals surface area (Å²) in [5.41, 5.74) is 3.68. The number of nitrogens with zero attached hydrogens (tertiary/aromatic N) is 1. The number of carbonyl (C=O) groups excluding carboxylic acids is 1. The number of rotatable bonds is 5. The van der Waals surface area contributed by atoms with E-state index in [1.807, 2.05) is 30.3 Å². The summed E-state index contributed by atoms with van der Waals surface area (Å²) in [6, 6.07) is 19.7. The summed E-state index contributed by atoms with van der Waals surface area (Å²) in [5.74, 6) is 0.137. The Kier molecular flexibility index (Phi) is 6.56. The van der Waals surface area contributed by atoms with Gasteiger partial charge >= 0.3 is 5.97 Å². The molecular weight excluding hydrogens is 346 g/mol. The molecular formula is C25H33NO2. The van der Waals surface area contributed by atoms with Crippen LogP contribution in [0.5, 0.6) is 0 Å². The van der Waals surface area contributed by atoms with Gasteiger partial charge in [-0.2, -0.15) is 0 Å². The monoisotopic (exact) mass is 379 g/mol. The van der Waals surface area contributed by atoms with Crippen LogP contribution in [0.4, 0.5) is 0 Å². The lowest BCUT2D eigenvalue weighted by Gasteiger charge is -2.42. The molecule has 2 aromatic rings. The van der Waals surface area contributed by atoms with Crippen LogP contribution in [0.15, 0.2) is 54.6 Å². The van der Waals surface area contributed by atoms with Gasteiger partial charge in [-0.1, -0.05) is 68.9 Å². The van der Waals surface area contributed by atoms with E-state index in [1.54, 1.807) is 0 Å². The highest BCUT2D eigenvalue weighted by molar-refractivity contribution is 5.75. The molecule has 4 rings (SSSR count). The molecule has 0 saturated carbocycles. The van der Waals surface area contributed by atoms with Crippen LogP contribution >= 0.6 is 0 Å². The van der Waals surface area contributed by atoms with E-state index in [-0.39, 0.29) is 25.2 Å². The van der Waals surface area contributed by atoms with Gasteiger partial charge in [0.1, 0.15) is 6.61 Å². The second kappa shape index (κ2) is 8.91. The normalized spacial score (nSPS) is 26.5. The summed E-state index contributed by atoms with van der Waals surface area (Å²) in [4.78, 5) is 15.6. The molecule has 2 unspecified atom stereocenters. The van der Waals surface area contributed by atoms with E-state index < -0.39 is 0 Å². The molecule has 3 nitrogen and oxygen atoms in total. The molecule has 2 aromatic carbocycles. The predicted molar refractivity (Wildman–Crippen MR) is 114 cm³/mol. The van der Waals surface area contributed by atoms with Crippen molar-refractivity contribution >= 4 is 5.97 Å². The van der Waals surface area contributed by atoms with Crippen LogP contribution in [0.3, 0.4) is 0 Å². The number of hydrogen-bond donors (Lipinski definition) is 0. The van der Waals surface area contributed by atoms with Gasteiger partial charge in [0, 0.05) is 18.0 Å². The maximum atomic E-state index is 13.2. The first-order chi connectivity index (χ1) is 13.2. The van der Waals surface area contributed by atoms with Crippen LogP contribution in [0.25, 0.3) is 0 Å². The fourth-order valence-electron chi connectivity index (χ4n) is 4.96. The van der Waals surface area contributed by atoms with Gasteiger partial charge in [0.25, 0.3) is 0 Å². The van der Waals surface area contributed by atoms with Crippen LogP contribution in [-0.2, 0) is 22.6 Å². The van der Waals surface area contributed by atoms with Crippen LogP contribution in [0, 0.1) is 5.92 Å². The van der Waals surface area contributed by atoms with Crippen molar-refractivity contribution in [3.63, 3.8) is 0 Å². The summed E-state index contributed by atoms with van der Waals surface area (Å²) in [5, 5.41) is 0. The Morgan fingerprint density at radius 2 is 1.75 bits per heavy atom. The first kappa shape index (κ1) is 20.6. The molecule has 0 spiro atoms. The molecule has 4 atom stereocenters. The van der Waals surface area contributed by atoms with Crippen molar-refractivity contribution in [1.29, 1.82) is 0 Å². The summed E-state index contributed by atoms with van der Waals surface area (Å²) < 4.78 is 5.80. The van der Waals surface area contributed by atoms with E-state index in [2.05, 4.69) is 43.1 Å². The van der Waals surface area contributed by atoms with Crippen molar-refractivity contribution < 1.29 is 9.53 Å². The summed E-state index contributed by atoms with van der Waals surface area (Å²) in [6.07, 6.45) is 4.37. The molecule has 2 aliphatic heterocycles. The Morgan fingerprint density at radius 3 is 2.43 bits per heavy atom. The van der Waals surface area contributed by atoms with Crippen molar-refractivity contribution in [2.45, 2.75) is 64.6 Å². The molecule has 2 saturated heterocycles. The van der Waals surface area contributed by atoms with Gasteiger partial charge in [-0.15, -0.1) is 0 Å². The standard InChI is InChI=1S/C24H29NO2.CH4/c1-3-17-9-11-19(12-10-17)21-15-20-13-14-22(25(20)2)23(21)24(26)27-16-18-7-5-4-6-8-18;/h4-12,20-23H,3,13-16H2,1-2H3;1H4/t20-,21-,22?,23?;/m1./s1. The zero-order valence-electron chi connectivity index (χ0n) is 16.3. The number of benzene rings is 2. The van der Waals surface area contributed by atoms with Crippen molar-refractivity contribution in [2.24, 2.45) is 5.92 Å². The van der Waals surface area contributed by atoms with Crippen LogP contribution in [-0.4, -0.2) is 30.0 Å². The summed E-state index contributed by atoms with van der Waals surface area (Å²) >= 11 is 0. The summed E-state index contributed by atoms with van der Waals surface area (Å²) in [7, 11) is 2.18. The third-order valence-corrected chi connectivity index (χ3v) is 6.58. The van der Waals surface area contributed by atoms with Gasteiger partial charge in [0.05, 0.1) is 5.92 Å². The Balaban J connectivity index is 0.00000225. The minimum absolute atomic E-state index is 0. The quantitative estimate of drug-likeness (QED) is 0.669. The first-order valence-electron chi connectivity index (χ1n) is 10.2. The first-order valence-corrected chi connectivity index (χ1v) is 10.2. The number of esters is 1. The van der Waals surface area contributed by atoms with E-state index in [9.17, 15) is 4.79 Å². The van der Waals surface area contributed by atoms with Gasteiger partial charge in [0.2, 0.25) is 0 Å². The highest BCUT2D eigenvalue weighted by Gasteiger charge is 2.49. The lowest BCUT2D eigenvalue weighted by atomic mass is 9.76. The van der Waals surface area contributed by atoms with Gasteiger partial charge in [-0.3, -0.25) is 9.69 Å². The van der Waals surface area contributed by atoms with Gasteiger partial charge in [-0.25, -0.2) is 0 Å². The minimum Gasteiger partial charge on any atom is -0.461 e. The second-order valence-electron chi connectivity index (χ2n) is 8.02. The molecule has 2 aliphatic rings. The molecule has 2 bridgehead atoms. The zero-order valence-corrected chi connectivity index (χ0v) is 16.3. The lowest BCUT2D eigenvalue weighted by Crippen LogP contribution is -2.49. The van der Waals surface area contributed by atoms with E-state index in [0.29, 0.717) is 18.7 Å². The van der Waals surface area contributed by atoms with Crippen molar-refractivity contribution in [3.05, 3.63) is 71.3 Å². The van der Waals surface area contributed by atoms with Crippen molar-refractivity contribution in [1.82, 2.24) is 4.90 Å². The van der Waals surface area contributed by atoms with E-state index >= 15 is 0 Å². The number of hydrogen-bond acceptors (Lipinski definition) is 3. The van der Waals surface area contributed by atoms with Gasteiger partial charge < -0.3 is 4.74 Å². The Bertz CT molecular complexity index is 771. The van der Waals surface area contributed by atoms with Crippen LogP contribution in [0.2, 0.25) is 0 Å². The van der Waals surface area contributed by atoms with Crippen LogP contribution in [0.1, 0.15) is 56.2 Å². The second-order valence-corrected chi connectivity index (χ2v) is 8.02. The van der Waals surface area contributed by atoms with E-state index in [0.717, 1.165) is 24.8 Å². The largest absolute Gasteiger partial charge is 0.461 e. The number of aryl methyl sites for hydroxylation is 1. The van der Waals surface area contributed by atoms with Crippen molar-refractivity contribution in [2.75, 3.05) is 7.05 Å². The molecule has 3 heteroatoms. The lowest BCUT2D eigenvalue weighted by molar-refractivity contribution is -0.154. The maximum absolute atomic E-state index is 13.2. The molecule has 0 N–H and O–H groups in total. The molecule has 0 aliphatic carbocycles. The highest BCUT2D eigenvalue weighted by Crippen LogP contribution is 2.46. The number of carbonyl (C=O) groups is 1. The number of ether oxygens (including phenoxy) is 1. The minimum atomic E-state index is -0.0788. The van der Waals surface area contributed by atoms with E-state index in [4.69, 9.17) is 4.74 Å². The molecule has 0 radical (unpaired) electrons. The van der Waals surface area contributed by atoms with Gasteiger partial charge in [-0.05, 0) is 49.4 Å². The Hall–Kier alpha value is -2.13. The van der Waals surface area contributed by atoms with Crippen LogP contribution < -0.4 is 0 Å². The zero-order chi connectivity index (χ0) is 18.8. The average Bonchev–Trinajstić information content (AvgIpc) is 2.95. The molecule has 0 amide bonds. The van der Waals surface area contributed by atoms with Gasteiger partial charge in [0.15, 0.2) is 0 Å². The third kappa shape index (κ3) is 4.00. The molecule has 150 valence electrons. The highest BCUT2D eigenvalue weighted by atomic mass is 16.5. The van der Waals surface area contributed by atoms with E-state index in [1.165, 1.54) is 17.5 Å². The molecule has 28 heavy (non-hydrogen) atoms. The SMILES string of the molecule is C.CCc1ccc([C@H]2C[C@H]3CCC(C2C(=O)OCc2ccccc2)N3C)cc1. The number of piperidine rings is 1.